The molecular formula is C10H18F3NO2. The van der Waals surface area contributed by atoms with Crippen LogP contribution in [0.3, 0.4) is 0 Å². The highest BCUT2D eigenvalue weighted by molar-refractivity contribution is 5.69. The largest absolute Gasteiger partial charge is 0.469 e. The molecule has 0 rings (SSSR count). The zero-order valence-electron chi connectivity index (χ0n) is 9.80. The van der Waals surface area contributed by atoms with Crippen LogP contribution in [0, 0.1) is 0 Å². The molecule has 0 aromatic rings. The lowest BCUT2D eigenvalue weighted by atomic mass is 10.2. The summed E-state index contributed by atoms with van der Waals surface area (Å²) in [6.07, 6.45) is -3.65. The summed E-state index contributed by atoms with van der Waals surface area (Å²) in [5, 5.41) is 0. The fourth-order valence-corrected chi connectivity index (χ4v) is 1.43. The van der Waals surface area contributed by atoms with Crippen LogP contribution in [0.1, 0.15) is 26.7 Å². The SMILES string of the molecule is CCCN(CC(F)(F)F)C(C)CC(=O)OC. The monoisotopic (exact) mass is 241 g/mol. The van der Waals surface area contributed by atoms with Crippen LogP contribution in [-0.4, -0.2) is 43.3 Å². The second kappa shape index (κ2) is 6.73. The number of carbonyl (C=O) groups is 1. The Hall–Kier alpha value is -0.780. The Morgan fingerprint density at radius 1 is 1.44 bits per heavy atom. The van der Waals surface area contributed by atoms with E-state index in [1.54, 1.807) is 13.8 Å². The summed E-state index contributed by atoms with van der Waals surface area (Å²) < 4.78 is 41.2. The van der Waals surface area contributed by atoms with E-state index in [9.17, 15) is 18.0 Å². The fraction of sp³-hybridized carbons (Fsp3) is 0.900. The summed E-state index contributed by atoms with van der Waals surface area (Å²) in [6.45, 7) is 2.73. The van der Waals surface area contributed by atoms with Gasteiger partial charge in [0, 0.05) is 6.04 Å². The lowest BCUT2D eigenvalue weighted by Crippen LogP contribution is -2.41. The van der Waals surface area contributed by atoms with Crippen molar-refractivity contribution >= 4 is 5.97 Å². The van der Waals surface area contributed by atoms with Crippen molar-refractivity contribution in [3.05, 3.63) is 0 Å². The Morgan fingerprint density at radius 3 is 2.38 bits per heavy atom. The zero-order valence-corrected chi connectivity index (χ0v) is 9.80. The highest BCUT2D eigenvalue weighted by Crippen LogP contribution is 2.19. The molecule has 0 spiro atoms. The number of rotatable bonds is 6. The van der Waals surface area contributed by atoms with Crippen LogP contribution >= 0.6 is 0 Å². The predicted molar refractivity (Wildman–Crippen MR) is 54.0 cm³/mol. The summed E-state index contributed by atoms with van der Waals surface area (Å²) in [5.74, 6) is -0.490. The Kier molecular flexibility index (Phi) is 6.40. The summed E-state index contributed by atoms with van der Waals surface area (Å²) in [7, 11) is 1.23. The summed E-state index contributed by atoms with van der Waals surface area (Å²) in [5.41, 5.74) is 0. The summed E-state index contributed by atoms with van der Waals surface area (Å²) in [4.78, 5) is 12.2. The van der Waals surface area contributed by atoms with Gasteiger partial charge in [-0.25, -0.2) is 0 Å². The lowest BCUT2D eigenvalue weighted by molar-refractivity contribution is -0.155. The van der Waals surface area contributed by atoms with Crippen LogP contribution in [0.15, 0.2) is 0 Å². The number of ether oxygens (including phenoxy) is 1. The Bertz CT molecular complexity index is 219. The Labute approximate surface area is 93.6 Å². The maximum absolute atomic E-state index is 12.3. The maximum Gasteiger partial charge on any atom is 0.401 e. The molecule has 0 bridgehead atoms. The Morgan fingerprint density at radius 2 is 2.00 bits per heavy atom. The first-order valence-electron chi connectivity index (χ1n) is 5.17. The molecule has 3 nitrogen and oxygen atoms in total. The molecule has 0 N–H and O–H groups in total. The van der Waals surface area contributed by atoms with E-state index in [1.165, 1.54) is 12.0 Å². The van der Waals surface area contributed by atoms with Gasteiger partial charge in [-0.2, -0.15) is 13.2 Å². The molecule has 0 aliphatic carbocycles. The number of halogens is 3. The van der Waals surface area contributed by atoms with E-state index in [0.717, 1.165) is 0 Å². The number of hydrogen-bond donors (Lipinski definition) is 0. The van der Waals surface area contributed by atoms with Crippen molar-refractivity contribution in [2.24, 2.45) is 0 Å². The maximum atomic E-state index is 12.3. The highest BCUT2D eigenvalue weighted by Gasteiger charge is 2.32. The van der Waals surface area contributed by atoms with Crippen LogP contribution in [-0.2, 0) is 9.53 Å². The third-order valence-corrected chi connectivity index (χ3v) is 2.21. The van der Waals surface area contributed by atoms with Crippen LogP contribution < -0.4 is 0 Å². The van der Waals surface area contributed by atoms with Crippen LogP contribution in [0.25, 0.3) is 0 Å². The second-order valence-electron chi connectivity index (χ2n) is 3.71. The molecule has 1 unspecified atom stereocenters. The minimum atomic E-state index is -4.24. The molecule has 16 heavy (non-hydrogen) atoms. The molecule has 0 aliphatic rings. The number of nitrogens with zero attached hydrogens (tertiary/aromatic N) is 1. The molecule has 0 heterocycles. The number of carbonyl (C=O) groups excluding carboxylic acids is 1. The van der Waals surface area contributed by atoms with Gasteiger partial charge < -0.3 is 4.74 Å². The van der Waals surface area contributed by atoms with E-state index in [1.807, 2.05) is 0 Å². The second-order valence-corrected chi connectivity index (χ2v) is 3.71. The third-order valence-electron chi connectivity index (χ3n) is 2.21. The first-order valence-corrected chi connectivity index (χ1v) is 5.17. The van der Waals surface area contributed by atoms with Crippen molar-refractivity contribution in [1.82, 2.24) is 4.90 Å². The first-order chi connectivity index (χ1) is 7.30. The summed E-state index contributed by atoms with van der Waals surface area (Å²) >= 11 is 0. The van der Waals surface area contributed by atoms with Crippen LogP contribution in [0.4, 0.5) is 13.2 Å². The molecule has 0 aromatic heterocycles. The van der Waals surface area contributed by atoms with Gasteiger partial charge >= 0.3 is 12.1 Å². The van der Waals surface area contributed by atoms with Gasteiger partial charge in [-0.1, -0.05) is 6.92 Å². The summed E-state index contributed by atoms with van der Waals surface area (Å²) in [6, 6.07) is -0.464. The molecule has 0 fully saturated rings. The Balaban J connectivity index is 4.34. The van der Waals surface area contributed by atoms with Crippen molar-refractivity contribution < 1.29 is 22.7 Å². The number of alkyl halides is 3. The van der Waals surface area contributed by atoms with E-state index in [4.69, 9.17) is 0 Å². The van der Waals surface area contributed by atoms with Gasteiger partial charge in [-0.05, 0) is 19.9 Å². The highest BCUT2D eigenvalue weighted by atomic mass is 19.4. The van der Waals surface area contributed by atoms with Crippen molar-refractivity contribution in [2.75, 3.05) is 20.2 Å². The average Bonchev–Trinajstić information content (AvgIpc) is 2.14. The van der Waals surface area contributed by atoms with E-state index in [2.05, 4.69) is 4.74 Å². The molecule has 0 radical (unpaired) electrons. The molecular weight excluding hydrogens is 223 g/mol. The lowest BCUT2D eigenvalue weighted by Gasteiger charge is -2.28. The average molecular weight is 241 g/mol. The normalized spacial score (nSPS) is 13.9. The zero-order chi connectivity index (χ0) is 12.8. The van der Waals surface area contributed by atoms with Gasteiger partial charge in [0.15, 0.2) is 0 Å². The molecule has 6 heteroatoms. The smallest absolute Gasteiger partial charge is 0.401 e. The molecule has 0 saturated heterocycles. The van der Waals surface area contributed by atoms with Gasteiger partial charge in [0.25, 0.3) is 0 Å². The minimum absolute atomic E-state index is 0.0213. The minimum Gasteiger partial charge on any atom is -0.469 e. The van der Waals surface area contributed by atoms with Crippen LogP contribution in [0.2, 0.25) is 0 Å². The van der Waals surface area contributed by atoms with Crippen molar-refractivity contribution in [1.29, 1.82) is 0 Å². The standard InChI is InChI=1S/C10H18F3NO2/c1-4-5-14(7-10(11,12)13)8(2)6-9(15)16-3/h8H,4-7H2,1-3H3. The molecule has 0 aliphatic heterocycles. The topological polar surface area (TPSA) is 29.5 Å². The van der Waals surface area contributed by atoms with Gasteiger partial charge in [0.2, 0.25) is 0 Å². The number of hydrogen-bond acceptors (Lipinski definition) is 3. The molecule has 0 aromatic carbocycles. The number of methoxy groups -OCH3 is 1. The fourth-order valence-electron chi connectivity index (χ4n) is 1.43. The predicted octanol–water partition coefficient (Wildman–Crippen LogP) is 2.21. The number of esters is 1. The van der Waals surface area contributed by atoms with Crippen LogP contribution in [0.5, 0.6) is 0 Å². The van der Waals surface area contributed by atoms with Gasteiger partial charge in [0.1, 0.15) is 0 Å². The van der Waals surface area contributed by atoms with Gasteiger partial charge in [-0.3, -0.25) is 9.69 Å². The van der Waals surface area contributed by atoms with Gasteiger partial charge in [-0.15, -0.1) is 0 Å². The molecule has 0 saturated carbocycles. The van der Waals surface area contributed by atoms with Crippen molar-refractivity contribution in [2.45, 2.75) is 38.9 Å². The molecule has 0 amide bonds. The van der Waals surface area contributed by atoms with E-state index in [0.29, 0.717) is 13.0 Å². The molecule has 1 atom stereocenters. The first kappa shape index (κ1) is 15.2. The van der Waals surface area contributed by atoms with Gasteiger partial charge in [0.05, 0.1) is 20.1 Å². The van der Waals surface area contributed by atoms with Crippen molar-refractivity contribution in [3.8, 4) is 0 Å². The quantitative estimate of drug-likeness (QED) is 0.668. The van der Waals surface area contributed by atoms with E-state index < -0.39 is 24.7 Å². The van der Waals surface area contributed by atoms with E-state index in [-0.39, 0.29) is 6.42 Å². The van der Waals surface area contributed by atoms with Crippen molar-refractivity contribution in [3.63, 3.8) is 0 Å². The van der Waals surface area contributed by atoms with E-state index >= 15 is 0 Å². The third kappa shape index (κ3) is 6.66. The molecule has 96 valence electrons.